The van der Waals surface area contributed by atoms with Gasteiger partial charge < -0.3 is 14.3 Å². The summed E-state index contributed by atoms with van der Waals surface area (Å²) in [6.45, 7) is 3.32. The van der Waals surface area contributed by atoms with Gasteiger partial charge in [0.2, 0.25) is 0 Å². The number of hydrogen-bond acceptors (Lipinski definition) is 3. The standard InChI is InChI=1S/C19H17BrN4O2/c1-2-23-9-8-18(22-23)21-19(25)15-10-16-14(11-17(20)26-16)24(15)12-13-6-4-3-5-7-13/h3-11H,2,12H2,1H3,(H,21,22,25). The first-order valence-corrected chi connectivity index (χ1v) is 9.10. The number of carbonyl (C=O) groups is 1. The number of rotatable bonds is 5. The van der Waals surface area contributed by atoms with E-state index in [4.69, 9.17) is 4.42 Å². The smallest absolute Gasteiger partial charge is 0.273 e. The van der Waals surface area contributed by atoms with Crippen LogP contribution in [0.2, 0.25) is 0 Å². The molecular formula is C19H17BrN4O2. The van der Waals surface area contributed by atoms with Gasteiger partial charge in [-0.15, -0.1) is 0 Å². The summed E-state index contributed by atoms with van der Waals surface area (Å²) in [4.78, 5) is 12.8. The van der Waals surface area contributed by atoms with Crippen LogP contribution in [0.3, 0.4) is 0 Å². The lowest BCUT2D eigenvalue weighted by molar-refractivity contribution is 0.101. The monoisotopic (exact) mass is 412 g/mol. The topological polar surface area (TPSA) is 65.0 Å². The summed E-state index contributed by atoms with van der Waals surface area (Å²) in [7, 11) is 0. The summed E-state index contributed by atoms with van der Waals surface area (Å²) in [5.74, 6) is 0.312. The van der Waals surface area contributed by atoms with E-state index in [9.17, 15) is 4.79 Å². The van der Waals surface area contributed by atoms with Gasteiger partial charge >= 0.3 is 0 Å². The Labute approximate surface area is 158 Å². The summed E-state index contributed by atoms with van der Waals surface area (Å²) in [6, 6.07) is 15.4. The molecule has 0 aliphatic rings. The van der Waals surface area contributed by atoms with Gasteiger partial charge in [0.1, 0.15) is 5.69 Å². The van der Waals surface area contributed by atoms with Crippen molar-refractivity contribution in [3.8, 4) is 0 Å². The highest BCUT2D eigenvalue weighted by atomic mass is 79.9. The molecule has 4 rings (SSSR count). The quantitative estimate of drug-likeness (QED) is 0.524. The van der Waals surface area contributed by atoms with E-state index in [0.29, 0.717) is 28.3 Å². The van der Waals surface area contributed by atoms with E-state index in [1.165, 1.54) is 0 Å². The van der Waals surface area contributed by atoms with E-state index in [1.807, 2.05) is 54.1 Å². The van der Waals surface area contributed by atoms with Crippen LogP contribution in [0.25, 0.3) is 11.1 Å². The molecule has 1 aromatic carbocycles. The van der Waals surface area contributed by atoms with Crippen molar-refractivity contribution in [3.63, 3.8) is 0 Å². The van der Waals surface area contributed by atoms with Gasteiger partial charge in [-0.05, 0) is 28.4 Å². The Hall–Kier alpha value is -2.80. The highest BCUT2D eigenvalue weighted by molar-refractivity contribution is 9.10. The van der Waals surface area contributed by atoms with E-state index in [0.717, 1.165) is 17.6 Å². The Kier molecular flexibility index (Phi) is 4.38. The number of amides is 1. The Balaban J connectivity index is 1.70. The molecule has 132 valence electrons. The molecule has 3 heterocycles. The number of halogens is 1. The average molecular weight is 413 g/mol. The molecule has 0 spiro atoms. The number of anilines is 1. The molecule has 0 fully saturated rings. The van der Waals surface area contributed by atoms with Gasteiger partial charge in [-0.25, -0.2) is 0 Å². The van der Waals surface area contributed by atoms with Crippen LogP contribution in [-0.4, -0.2) is 20.3 Å². The molecule has 6 nitrogen and oxygen atoms in total. The zero-order valence-electron chi connectivity index (χ0n) is 14.1. The molecular weight excluding hydrogens is 396 g/mol. The summed E-state index contributed by atoms with van der Waals surface area (Å²) >= 11 is 3.36. The van der Waals surface area contributed by atoms with Crippen molar-refractivity contribution in [1.29, 1.82) is 0 Å². The SMILES string of the molecule is CCn1ccc(NC(=O)c2cc3oc(Br)cc3n2Cc2ccccc2)n1. The van der Waals surface area contributed by atoms with E-state index < -0.39 is 0 Å². The highest BCUT2D eigenvalue weighted by Crippen LogP contribution is 2.28. The molecule has 0 atom stereocenters. The van der Waals surface area contributed by atoms with E-state index in [2.05, 4.69) is 26.3 Å². The Morgan fingerprint density at radius 1 is 1.23 bits per heavy atom. The maximum absolute atomic E-state index is 12.8. The molecule has 0 saturated carbocycles. The minimum atomic E-state index is -0.218. The van der Waals surface area contributed by atoms with Crippen molar-refractivity contribution in [3.05, 3.63) is 70.7 Å². The van der Waals surface area contributed by atoms with E-state index in [1.54, 1.807) is 16.8 Å². The van der Waals surface area contributed by atoms with Crippen LogP contribution in [0.15, 0.2) is 63.8 Å². The Morgan fingerprint density at radius 2 is 2.04 bits per heavy atom. The number of fused-ring (bicyclic) bond motifs is 1. The van der Waals surface area contributed by atoms with E-state index in [-0.39, 0.29) is 5.91 Å². The number of nitrogens with one attached hydrogen (secondary N) is 1. The van der Waals surface area contributed by atoms with Crippen LogP contribution in [0.5, 0.6) is 0 Å². The third-order valence-corrected chi connectivity index (χ3v) is 4.57. The third kappa shape index (κ3) is 3.17. The van der Waals surface area contributed by atoms with Gasteiger partial charge in [-0.3, -0.25) is 9.48 Å². The molecule has 0 unspecified atom stereocenters. The third-order valence-electron chi connectivity index (χ3n) is 4.18. The highest BCUT2D eigenvalue weighted by Gasteiger charge is 2.19. The molecule has 1 N–H and O–H groups in total. The molecule has 0 aliphatic heterocycles. The predicted octanol–water partition coefficient (Wildman–Crippen LogP) is 4.51. The maximum Gasteiger partial charge on any atom is 0.273 e. The van der Waals surface area contributed by atoms with Crippen LogP contribution in [0.1, 0.15) is 23.0 Å². The lowest BCUT2D eigenvalue weighted by Crippen LogP contribution is -2.18. The number of nitrogens with zero attached hydrogens (tertiary/aromatic N) is 3. The fourth-order valence-electron chi connectivity index (χ4n) is 2.92. The molecule has 26 heavy (non-hydrogen) atoms. The van der Waals surface area contributed by atoms with Crippen LogP contribution in [0, 0.1) is 0 Å². The molecule has 7 heteroatoms. The second-order valence-electron chi connectivity index (χ2n) is 5.91. The number of carbonyl (C=O) groups excluding carboxylic acids is 1. The number of hydrogen-bond donors (Lipinski definition) is 1. The number of benzene rings is 1. The van der Waals surface area contributed by atoms with Gasteiger partial charge in [0.25, 0.3) is 5.91 Å². The Morgan fingerprint density at radius 3 is 2.77 bits per heavy atom. The van der Waals surface area contributed by atoms with E-state index >= 15 is 0 Å². The summed E-state index contributed by atoms with van der Waals surface area (Å²) in [6.07, 6.45) is 1.83. The van der Waals surface area contributed by atoms with Crippen molar-refractivity contribution in [2.24, 2.45) is 0 Å². The average Bonchev–Trinajstić information content (AvgIpc) is 3.31. The zero-order chi connectivity index (χ0) is 18.1. The summed E-state index contributed by atoms with van der Waals surface area (Å²) in [5.41, 5.74) is 3.16. The van der Waals surface area contributed by atoms with Crippen molar-refractivity contribution in [2.75, 3.05) is 5.32 Å². The van der Waals surface area contributed by atoms with Crippen LogP contribution < -0.4 is 5.32 Å². The van der Waals surface area contributed by atoms with Gasteiger partial charge in [0.15, 0.2) is 16.1 Å². The zero-order valence-corrected chi connectivity index (χ0v) is 15.7. The van der Waals surface area contributed by atoms with Crippen LogP contribution in [0.4, 0.5) is 5.82 Å². The molecule has 0 saturated heterocycles. The lowest BCUT2D eigenvalue weighted by Gasteiger charge is -2.10. The van der Waals surface area contributed by atoms with Crippen molar-refractivity contribution in [1.82, 2.24) is 14.3 Å². The van der Waals surface area contributed by atoms with Gasteiger partial charge in [0.05, 0.1) is 5.52 Å². The first-order valence-electron chi connectivity index (χ1n) is 8.31. The second kappa shape index (κ2) is 6.84. The van der Waals surface area contributed by atoms with Crippen LogP contribution in [-0.2, 0) is 13.1 Å². The molecule has 0 radical (unpaired) electrons. The molecule has 0 aliphatic carbocycles. The number of furan rings is 1. The summed E-state index contributed by atoms with van der Waals surface area (Å²) < 4.78 is 10.00. The molecule has 3 aromatic heterocycles. The molecule has 4 aromatic rings. The van der Waals surface area contributed by atoms with Crippen molar-refractivity contribution < 1.29 is 9.21 Å². The predicted molar refractivity (Wildman–Crippen MR) is 103 cm³/mol. The normalized spacial score (nSPS) is 11.2. The fourth-order valence-corrected chi connectivity index (χ4v) is 3.31. The lowest BCUT2D eigenvalue weighted by atomic mass is 10.2. The van der Waals surface area contributed by atoms with Crippen molar-refractivity contribution in [2.45, 2.75) is 20.0 Å². The summed E-state index contributed by atoms with van der Waals surface area (Å²) in [5, 5.41) is 7.17. The minimum absolute atomic E-state index is 0.218. The first kappa shape index (κ1) is 16.7. The molecule has 0 bridgehead atoms. The van der Waals surface area contributed by atoms with Crippen LogP contribution >= 0.6 is 15.9 Å². The first-order chi connectivity index (χ1) is 12.6. The number of aromatic nitrogens is 3. The number of aryl methyl sites for hydroxylation is 1. The largest absolute Gasteiger partial charge is 0.448 e. The Bertz CT molecular complexity index is 1060. The molecule has 1 amide bonds. The fraction of sp³-hybridized carbons (Fsp3) is 0.158. The maximum atomic E-state index is 12.8. The van der Waals surface area contributed by atoms with Gasteiger partial charge in [-0.1, -0.05) is 30.3 Å². The minimum Gasteiger partial charge on any atom is -0.448 e. The second-order valence-corrected chi connectivity index (χ2v) is 6.69. The van der Waals surface area contributed by atoms with Gasteiger partial charge in [0, 0.05) is 37.5 Å². The van der Waals surface area contributed by atoms with Crippen molar-refractivity contribution >= 4 is 38.8 Å². The van der Waals surface area contributed by atoms with Gasteiger partial charge in [-0.2, -0.15) is 5.10 Å².